The van der Waals surface area contributed by atoms with Crippen LogP contribution in [0.2, 0.25) is 0 Å². The second-order valence-electron chi connectivity index (χ2n) is 6.28. The Morgan fingerprint density at radius 1 is 1.21 bits per heavy atom. The molecule has 0 atom stereocenters. The van der Waals surface area contributed by atoms with Crippen molar-refractivity contribution in [3.63, 3.8) is 0 Å². The number of hydrogen-bond donors (Lipinski definition) is 1. The first-order chi connectivity index (χ1) is 11.7. The molecule has 1 amide bonds. The Hall–Kier alpha value is -1.86. The van der Waals surface area contributed by atoms with Crippen LogP contribution in [0.1, 0.15) is 12.8 Å². The highest BCUT2D eigenvalue weighted by atomic mass is 16.5. The molecule has 132 valence electrons. The zero-order valence-electron chi connectivity index (χ0n) is 14.5. The summed E-state index contributed by atoms with van der Waals surface area (Å²) in [5, 5.41) is 3.29. The van der Waals surface area contributed by atoms with Crippen LogP contribution in [0.3, 0.4) is 0 Å². The van der Waals surface area contributed by atoms with Crippen molar-refractivity contribution < 1.29 is 14.3 Å². The summed E-state index contributed by atoms with van der Waals surface area (Å²) >= 11 is 0. The lowest BCUT2D eigenvalue weighted by Crippen LogP contribution is -2.59. The number of aromatic nitrogens is 1. The van der Waals surface area contributed by atoms with Crippen molar-refractivity contribution in [1.82, 2.24) is 15.2 Å². The molecule has 2 aliphatic rings. The Morgan fingerprint density at radius 3 is 2.54 bits per heavy atom. The molecule has 1 N–H and O–H groups in total. The van der Waals surface area contributed by atoms with Crippen molar-refractivity contribution in [2.45, 2.75) is 18.4 Å². The highest BCUT2D eigenvalue weighted by Gasteiger charge is 2.43. The SMILES string of the molecule is COc1ccnc(N2CCN(C(=O)C3(OC)CCNCC3)CC2)c1. The monoisotopic (exact) mass is 334 g/mol. The van der Waals surface area contributed by atoms with Gasteiger partial charge in [-0.25, -0.2) is 4.98 Å². The number of piperazine rings is 1. The molecule has 2 saturated heterocycles. The zero-order valence-corrected chi connectivity index (χ0v) is 14.5. The van der Waals surface area contributed by atoms with Crippen molar-refractivity contribution in [3.05, 3.63) is 18.3 Å². The minimum absolute atomic E-state index is 0.129. The first kappa shape index (κ1) is 17.0. The van der Waals surface area contributed by atoms with Crippen LogP contribution in [0, 0.1) is 0 Å². The van der Waals surface area contributed by atoms with Crippen molar-refractivity contribution >= 4 is 11.7 Å². The summed E-state index contributed by atoms with van der Waals surface area (Å²) < 4.78 is 10.9. The number of nitrogens with one attached hydrogen (secondary N) is 1. The van der Waals surface area contributed by atoms with E-state index in [0.717, 1.165) is 50.6 Å². The van der Waals surface area contributed by atoms with E-state index < -0.39 is 5.60 Å². The third-order valence-electron chi connectivity index (χ3n) is 5.04. The van der Waals surface area contributed by atoms with Crippen LogP contribution >= 0.6 is 0 Å². The third kappa shape index (κ3) is 3.32. The molecule has 0 bridgehead atoms. The number of piperidine rings is 1. The standard InChI is InChI=1S/C17H26N4O3/c1-23-14-3-6-19-15(13-14)20-9-11-21(12-10-20)16(22)17(24-2)4-7-18-8-5-17/h3,6,13,18H,4-5,7-12H2,1-2H3. The maximum absolute atomic E-state index is 13.0. The van der Waals surface area contributed by atoms with E-state index in [1.54, 1.807) is 20.4 Å². The number of rotatable bonds is 4. The van der Waals surface area contributed by atoms with E-state index in [1.165, 1.54) is 0 Å². The van der Waals surface area contributed by atoms with E-state index in [-0.39, 0.29) is 5.91 Å². The lowest BCUT2D eigenvalue weighted by molar-refractivity contribution is -0.158. The fraction of sp³-hybridized carbons (Fsp3) is 0.647. The van der Waals surface area contributed by atoms with Gasteiger partial charge in [-0.2, -0.15) is 0 Å². The van der Waals surface area contributed by atoms with Gasteiger partial charge in [0.2, 0.25) is 0 Å². The van der Waals surface area contributed by atoms with Crippen molar-refractivity contribution in [2.24, 2.45) is 0 Å². The van der Waals surface area contributed by atoms with E-state index in [0.29, 0.717) is 13.1 Å². The van der Waals surface area contributed by atoms with Gasteiger partial charge in [0, 0.05) is 45.6 Å². The van der Waals surface area contributed by atoms with Gasteiger partial charge in [0.1, 0.15) is 17.2 Å². The normalized spacial score (nSPS) is 20.8. The molecule has 7 heteroatoms. The van der Waals surface area contributed by atoms with Crippen molar-refractivity contribution in [3.8, 4) is 5.75 Å². The second-order valence-corrected chi connectivity index (χ2v) is 6.28. The predicted molar refractivity (Wildman–Crippen MR) is 91.4 cm³/mol. The summed E-state index contributed by atoms with van der Waals surface area (Å²) in [6.07, 6.45) is 3.22. The van der Waals surface area contributed by atoms with Crippen LogP contribution < -0.4 is 15.0 Å². The number of methoxy groups -OCH3 is 2. The van der Waals surface area contributed by atoms with Gasteiger partial charge in [0.25, 0.3) is 5.91 Å². The molecule has 2 fully saturated rings. The Morgan fingerprint density at radius 2 is 1.92 bits per heavy atom. The van der Waals surface area contributed by atoms with Gasteiger partial charge in [-0.05, 0) is 32.0 Å². The molecule has 0 aromatic carbocycles. The molecule has 24 heavy (non-hydrogen) atoms. The Bertz CT molecular complexity index is 567. The number of hydrogen-bond acceptors (Lipinski definition) is 6. The molecule has 0 radical (unpaired) electrons. The van der Waals surface area contributed by atoms with E-state index in [4.69, 9.17) is 9.47 Å². The molecule has 3 rings (SSSR count). The highest BCUT2D eigenvalue weighted by Crippen LogP contribution is 2.26. The van der Waals surface area contributed by atoms with Gasteiger partial charge in [-0.15, -0.1) is 0 Å². The van der Waals surface area contributed by atoms with Gasteiger partial charge < -0.3 is 24.6 Å². The number of anilines is 1. The zero-order chi connectivity index (χ0) is 17.0. The molecule has 0 unspecified atom stereocenters. The van der Waals surface area contributed by atoms with Crippen molar-refractivity contribution in [1.29, 1.82) is 0 Å². The molecule has 0 saturated carbocycles. The molecule has 7 nitrogen and oxygen atoms in total. The largest absolute Gasteiger partial charge is 0.497 e. The molecular weight excluding hydrogens is 308 g/mol. The minimum Gasteiger partial charge on any atom is -0.497 e. The van der Waals surface area contributed by atoms with Gasteiger partial charge in [-0.1, -0.05) is 0 Å². The highest BCUT2D eigenvalue weighted by molar-refractivity contribution is 5.85. The van der Waals surface area contributed by atoms with Crippen LogP contribution in [0.25, 0.3) is 0 Å². The molecular formula is C17H26N4O3. The summed E-state index contributed by atoms with van der Waals surface area (Å²) in [7, 11) is 3.30. The fourth-order valence-corrected chi connectivity index (χ4v) is 3.46. The summed E-state index contributed by atoms with van der Waals surface area (Å²) in [5.41, 5.74) is -0.651. The lowest BCUT2D eigenvalue weighted by Gasteiger charge is -2.42. The Balaban J connectivity index is 1.62. The van der Waals surface area contributed by atoms with Crippen LogP contribution in [0.5, 0.6) is 5.75 Å². The first-order valence-electron chi connectivity index (χ1n) is 8.49. The van der Waals surface area contributed by atoms with Crippen molar-refractivity contribution in [2.75, 3.05) is 58.4 Å². The summed E-state index contributed by atoms with van der Waals surface area (Å²) in [4.78, 5) is 21.5. The summed E-state index contributed by atoms with van der Waals surface area (Å²) in [6.45, 7) is 4.57. The second kappa shape index (κ2) is 7.36. The van der Waals surface area contributed by atoms with Crippen LogP contribution in [0.15, 0.2) is 18.3 Å². The number of ether oxygens (including phenoxy) is 2. The van der Waals surface area contributed by atoms with E-state index in [9.17, 15) is 4.79 Å². The number of pyridine rings is 1. The Kier molecular flexibility index (Phi) is 5.20. The maximum atomic E-state index is 13.0. The van der Waals surface area contributed by atoms with Gasteiger partial charge in [0.05, 0.1) is 7.11 Å². The topological polar surface area (TPSA) is 66.9 Å². The quantitative estimate of drug-likeness (QED) is 0.865. The van der Waals surface area contributed by atoms with E-state index in [1.807, 2.05) is 17.0 Å². The summed E-state index contributed by atoms with van der Waals surface area (Å²) in [6, 6.07) is 3.77. The van der Waals surface area contributed by atoms with Gasteiger partial charge in [-0.3, -0.25) is 4.79 Å². The minimum atomic E-state index is -0.651. The fourth-order valence-electron chi connectivity index (χ4n) is 3.46. The third-order valence-corrected chi connectivity index (χ3v) is 5.04. The number of carbonyl (C=O) groups excluding carboxylic acids is 1. The first-order valence-corrected chi connectivity index (χ1v) is 8.49. The average molecular weight is 334 g/mol. The number of nitrogens with zero attached hydrogens (tertiary/aromatic N) is 3. The average Bonchev–Trinajstić information content (AvgIpc) is 2.68. The maximum Gasteiger partial charge on any atom is 0.255 e. The van der Waals surface area contributed by atoms with Crippen LogP contribution in [0.4, 0.5) is 5.82 Å². The molecule has 0 spiro atoms. The predicted octanol–water partition coefficient (Wildman–Crippen LogP) is 0.507. The lowest BCUT2D eigenvalue weighted by atomic mass is 9.90. The molecule has 0 aliphatic carbocycles. The van der Waals surface area contributed by atoms with E-state index in [2.05, 4.69) is 15.2 Å². The molecule has 3 heterocycles. The molecule has 2 aliphatic heterocycles. The van der Waals surface area contributed by atoms with E-state index >= 15 is 0 Å². The number of carbonyl (C=O) groups is 1. The smallest absolute Gasteiger partial charge is 0.255 e. The number of amides is 1. The summed E-state index contributed by atoms with van der Waals surface area (Å²) in [5.74, 6) is 1.82. The van der Waals surface area contributed by atoms with Gasteiger partial charge >= 0.3 is 0 Å². The van der Waals surface area contributed by atoms with Crippen LogP contribution in [-0.4, -0.2) is 74.9 Å². The Labute approximate surface area is 142 Å². The molecule has 1 aromatic heterocycles. The van der Waals surface area contributed by atoms with Crippen LogP contribution in [-0.2, 0) is 9.53 Å². The van der Waals surface area contributed by atoms with Gasteiger partial charge in [0.15, 0.2) is 0 Å². The molecule has 1 aromatic rings.